The number of nitrogens with zero attached hydrogens (tertiary/aromatic N) is 1. The predicted molar refractivity (Wildman–Crippen MR) is 100 cm³/mol. The van der Waals surface area contributed by atoms with Gasteiger partial charge in [-0.15, -0.1) is 0 Å². The molecule has 0 bridgehead atoms. The Bertz CT molecular complexity index is 586. The van der Waals surface area contributed by atoms with Crippen LogP contribution in [0.15, 0.2) is 24.3 Å². The summed E-state index contributed by atoms with van der Waals surface area (Å²) in [6.07, 6.45) is 1.91. The molecule has 0 radical (unpaired) electrons. The van der Waals surface area contributed by atoms with E-state index in [0.717, 1.165) is 19.5 Å². The third-order valence-electron chi connectivity index (χ3n) is 4.65. The number of rotatable bonds is 8. The number of carbonyl (C=O) groups excluding carboxylic acids is 2. The molecule has 138 valence electrons. The summed E-state index contributed by atoms with van der Waals surface area (Å²) in [6.45, 7) is 9.18. The highest BCUT2D eigenvalue weighted by atomic mass is 16.2. The van der Waals surface area contributed by atoms with Gasteiger partial charge in [0.05, 0.1) is 0 Å². The molecular weight excluding hydrogens is 314 g/mol. The predicted octanol–water partition coefficient (Wildman–Crippen LogP) is 2.10. The van der Waals surface area contributed by atoms with Crippen molar-refractivity contribution in [1.82, 2.24) is 15.5 Å². The van der Waals surface area contributed by atoms with Gasteiger partial charge in [-0.1, -0.05) is 38.1 Å². The largest absolute Gasteiger partial charge is 0.356 e. The Morgan fingerprint density at radius 3 is 2.52 bits per heavy atom. The van der Waals surface area contributed by atoms with E-state index >= 15 is 0 Å². The number of hydrogen-bond acceptors (Lipinski definition) is 3. The fourth-order valence-electron chi connectivity index (χ4n) is 3.13. The second kappa shape index (κ2) is 9.56. The molecule has 0 unspecified atom stereocenters. The van der Waals surface area contributed by atoms with Gasteiger partial charge < -0.3 is 10.6 Å². The number of hydrogen-bond donors (Lipinski definition) is 2. The maximum absolute atomic E-state index is 12.0. The van der Waals surface area contributed by atoms with E-state index in [1.165, 1.54) is 11.1 Å². The Kier molecular flexibility index (Phi) is 7.44. The molecule has 2 N–H and O–H groups in total. The van der Waals surface area contributed by atoms with Crippen molar-refractivity contribution < 1.29 is 9.59 Å². The fourth-order valence-corrected chi connectivity index (χ4v) is 3.13. The molecule has 1 aliphatic rings. The third kappa shape index (κ3) is 6.50. The van der Waals surface area contributed by atoms with Crippen LogP contribution in [0.4, 0.5) is 0 Å². The van der Waals surface area contributed by atoms with Crippen LogP contribution in [0.5, 0.6) is 0 Å². The van der Waals surface area contributed by atoms with E-state index < -0.39 is 0 Å². The van der Waals surface area contributed by atoms with Gasteiger partial charge in [-0.25, -0.2) is 0 Å². The van der Waals surface area contributed by atoms with Gasteiger partial charge in [0.25, 0.3) is 0 Å². The smallest absolute Gasteiger partial charge is 0.221 e. The fraction of sp³-hybridized carbons (Fsp3) is 0.600. The molecule has 1 aromatic carbocycles. The minimum atomic E-state index is -0.00546. The summed E-state index contributed by atoms with van der Waals surface area (Å²) >= 11 is 0. The second-order valence-corrected chi connectivity index (χ2v) is 7.34. The molecule has 25 heavy (non-hydrogen) atoms. The Labute approximate surface area is 151 Å². The lowest BCUT2D eigenvalue weighted by molar-refractivity contribution is -0.122. The van der Waals surface area contributed by atoms with Crippen LogP contribution in [-0.4, -0.2) is 42.4 Å². The molecule has 0 spiro atoms. The van der Waals surface area contributed by atoms with E-state index in [0.29, 0.717) is 37.9 Å². The summed E-state index contributed by atoms with van der Waals surface area (Å²) in [5.74, 6) is 0.349. The van der Waals surface area contributed by atoms with Crippen LogP contribution in [0, 0.1) is 5.92 Å². The first kappa shape index (κ1) is 19.4. The lowest BCUT2D eigenvalue weighted by atomic mass is 9.99. The van der Waals surface area contributed by atoms with Gasteiger partial charge >= 0.3 is 0 Å². The van der Waals surface area contributed by atoms with Crippen molar-refractivity contribution in [3.05, 3.63) is 35.4 Å². The van der Waals surface area contributed by atoms with Crippen molar-refractivity contribution in [3.63, 3.8) is 0 Å². The Balaban J connectivity index is 1.65. The van der Waals surface area contributed by atoms with Crippen LogP contribution in [0.1, 0.15) is 44.7 Å². The van der Waals surface area contributed by atoms with Crippen LogP contribution >= 0.6 is 0 Å². The molecule has 2 rings (SSSR count). The quantitative estimate of drug-likeness (QED) is 0.758. The van der Waals surface area contributed by atoms with Gasteiger partial charge in [0.1, 0.15) is 0 Å². The lowest BCUT2D eigenvalue weighted by Crippen LogP contribution is -2.44. The normalized spacial score (nSPS) is 15.5. The van der Waals surface area contributed by atoms with E-state index in [2.05, 4.69) is 46.7 Å². The van der Waals surface area contributed by atoms with E-state index in [9.17, 15) is 9.59 Å². The summed E-state index contributed by atoms with van der Waals surface area (Å²) in [5.41, 5.74) is 2.83. The molecule has 1 heterocycles. The zero-order chi connectivity index (χ0) is 18.2. The van der Waals surface area contributed by atoms with E-state index in [1.807, 2.05) is 13.8 Å². The Morgan fingerprint density at radius 1 is 1.08 bits per heavy atom. The highest BCUT2D eigenvalue weighted by molar-refractivity contribution is 5.79. The highest BCUT2D eigenvalue weighted by Crippen LogP contribution is 2.19. The molecule has 5 heteroatoms. The zero-order valence-corrected chi connectivity index (χ0v) is 15.7. The molecular formula is C20H31N3O2. The number of carbonyl (C=O) groups is 2. The molecule has 1 atom stereocenters. The van der Waals surface area contributed by atoms with Gasteiger partial charge in [0.15, 0.2) is 0 Å². The molecule has 0 aromatic heterocycles. The highest BCUT2D eigenvalue weighted by Gasteiger charge is 2.20. The zero-order valence-electron chi connectivity index (χ0n) is 15.7. The number of amides is 2. The van der Waals surface area contributed by atoms with Crippen LogP contribution in [0.3, 0.4) is 0 Å². The first-order chi connectivity index (χ1) is 12.0. The average Bonchev–Trinajstić information content (AvgIpc) is 2.58. The Morgan fingerprint density at radius 2 is 1.80 bits per heavy atom. The first-order valence-electron chi connectivity index (χ1n) is 9.30. The Hall–Kier alpha value is -1.88. The van der Waals surface area contributed by atoms with Crippen molar-refractivity contribution in [1.29, 1.82) is 0 Å². The van der Waals surface area contributed by atoms with Crippen molar-refractivity contribution in [3.8, 4) is 0 Å². The maximum atomic E-state index is 12.0. The summed E-state index contributed by atoms with van der Waals surface area (Å²) in [6, 6.07) is 8.87. The van der Waals surface area contributed by atoms with Crippen LogP contribution < -0.4 is 10.6 Å². The molecule has 0 saturated heterocycles. The monoisotopic (exact) mass is 345 g/mol. The summed E-state index contributed by atoms with van der Waals surface area (Å²) in [7, 11) is 0. The van der Waals surface area contributed by atoms with E-state index in [-0.39, 0.29) is 11.8 Å². The van der Waals surface area contributed by atoms with Crippen LogP contribution in [-0.2, 0) is 22.6 Å². The third-order valence-corrected chi connectivity index (χ3v) is 4.65. The number of fused-ring (bicyclic) bond motifs is 1. The first-order valence-corrected chi connectivity index (χ1v) is 9.30. The van der Waals surface area contributed by atoms with Gasteiger partial charge in [-0.2, -0.15) is 0 Å². The molecule has 1 aromatic rings. The standard InChI is InChI=1S/C20H31N3O2/c1-15(2)12-20(25)21-10-8-19(24)22-13-16(3)23-11-9-17-6-4-5-7-18(17)14-23/h4-7,15-16H,8-14H2,1-3H3,(H,21,25)(H,22,24)/t16-/m1/s1. The van der Waals surface area contributed by atoms with Crippen LogP contribution in [0.25, 0.3) is 0 Å². The SMILES string of the molecule is CC(C)CC(=O)NCCC(=O)NC[C@@H](C)N1CCc2ccccc2C1. The van der Waals surface area contributed by atoms with Crippen molar-refractivity contribution >= 4 is 11.8 Å². The molecule has 5 nitrogen and oxygen atoms in total. The minimum absolute atomic E-state index is 0.00546. The van der Waals surface area contributed by atoms with Crippen molar-refractivity contribution in [2.45, 2.75) is 52.6 Å². The topological polar surface area (TPSA) is 61.4 Å². The van der Waals surface area contributed by atoms with Crippen molar-refractivity contribution in [2.24, 2.45) is 5.92 Å². The summed E-state index contributed by atoms with van der Waals surface area (Å²) in [4.78, 5) is 25.9. The number of benzene rings is 1. The van der Waals surface area contributed by atoms with Gasteiger partial charge in [-0.05, 0) is 30.4 Å². The van der Waals surface area contributed by atoms with Gasteiger partial charge in [0.2, 0.25) is 11.8 Å². The van der Waals surface area contributed by atoms with Crippen molar-refractivity contribution in [2.75, 3.05) is 19.6 Å². The average molecular weight is 345 g/mol. The number of nitrogens with one attached hydrogen (secondary N) is 2. The maximum Gasteiger partial charge on any atom is 0.221 e. The molecule has 0 aliphatic carbocycles. The molecule has 0 fully saturated rings. The molecule has 1 aliphatic heterocycles. The summed E-state index contributed by atoms with van der Waals surface area (Å²) < 4.78 is 0. The molecule has 0 saturated carbocycles. The molecule has 2 amide bonds. The van der Waals surface area contributed by atoms with E-state index in [4.69, 9.17) is 0 Å². The van der Waals surface area contributed by atoms with E-state index in [1.54, 1.807) is 0 Å². The van der Waals surface area contributed by atoms with Gasteiger partial charge in [0, 0.05) is 45.1 Å². The van der Waals surface area contributed by atoms with Gasteiger partial charge in [-0.3, -0.25) is 14.5 Å². The second-order valence-electron chi connectivity index (χ2n) is 7.34. The minimum Gasteiger partial charge on any atom is -0.356 e. The summed E-state index contributed by atoms with van der Waals surface area (Å²) in [5, 5.41) is 5.78. The van der Waals surface area contributed by atoms with Crippen LogP contribution in [0.2, 0.25) is 0 Å². The lowest BCUT2D eigenvalue weighted by Gasteiger charge is -2.33.